The molecule has 1 saturated heterocycles. The lowest BCUT2D eigenvalue weighted by atomic mass is 10.1. The number of carbonyl (C=O) groups is 3. The van der Waals surface area contributed by atoms with Gasteiger partial charge in [-0.2, -0.15) is 0 Å². The van der Waals surface area contributed by atoms with Crippen molar-refractivity contribution in [3.8, 4) is 0 Å². The maximum absolute atomic E-state index is 12.1. The van der Waals surface area contributed by atoms with Crippen molar-refractivity contribution in [1.29, 1.82) is 0 Å². The largest absolute Gasteiger partial charge is 0.324 e. The Kier molecular flexibility index (Phi) is 4.93. The highest BCUT2D eigenvalue weighted by atomic mass is 35.5. The molecule has 2 N–H and O–H groups in total. The maximum Gasteiger partial charge on any atom is 0.246 e. The van der Waals surface area contributed by atoms with Crippen molar-refractivity contribution in [1.82, 2.24) is 10.2 Å². The number of hydrogen-bond donors (Lipinski definition) is 2. The topological polar surface area (TPSA) is 78.5 Å². The van der Waals surface area contributed by atoms with Gasteiger partial charge in [-0.1, -0.05) is 24.6 Å². The molecule has 1 heterocycles. The van der Waals surface area contributed by atoms with Gasteiger partial charge in [0.25, 0.3) is 0 Å². The minimum absolute atomic E-state index is 0.0642. The van der Waals surface area contributed by atoms with Gasteiger partial charge in [0.2, 0.25) is 17.7 Å². The van der Waals surface area contributed by atoms with Crippen LogP contribution >= 0.6 is 11.6 Å². The molecular weight excluding hydrogens is 294 g/mol. The quantitative estimate of drug-likeness (QED) is 0.814. The number of anilines is 1. The van der Waals surface area contributed by atoms with Crippen molar-refractivity contribution in [2.45, 2.75) is 19.4 Å². The van der Waals surface area contributed by atoms with Gasteiger partial charge in [-0.3, -0.25) is 24.6 Å². The number of nitrogens with zero attached hydrogens (tertiary/aromatic N) is 1. The molecule has 3 amide bonds. The van der Waals surface area contributed by atoms with Gasteiger partial charge in [0, 0.05) is 10.7 Å². The van der Waals surface area contributed by atoms with E-state index in [1.807, 2.05) is 6.92 Å². The highest BCUT2D eigenvalue weighted by Crippen LogP contribution is 2.15. The van der Waals surface area contributed by atoms with Crippen LogP contribution in [0.4, 0.5) is 5.69 Å². The number of benzene rings is 1. The fraction of sp³-hybridized carbons (Fsp3) is 0.357. The highest BCUT2D eigenvalue weighted by molar-refractivity contribution is 6.30. The van der Waals surface area contributed by atoms with Crippen LogP contribution in [-0.4, -0.2) is 41.8 Å². The molecule has 1 aliphatic rings. The zero-order valence-electron chi connectivity index (χ0n) is 11.6. The van der Waals surface area contributed by atoms with Crippen LogP contribution in [0.5, 0.6) is 0 Å². The lowest BCUT2D eigenvalue weighted by Crippen LogP contribution is -2.59. The van der Waals surface area contributed by atoms with Crippen molar-refractivity contribution < 1.29 is 14.4 Å². The molecule has 2 rings (SSSR count). The normalized spacial score (nSPS) is 18.8. The molecule has 7 heteroatoms. The summed E-state index contributed by atoms with van der Waals surface area (Å²) in [6.45, 7) is 1.62. The second kappa shape index (κ2) is 6.69. The average Bonchev–Trinajstić information content (AvgIpc) is 2.43. The molecular formula is C14H16ClN3O3. The number of halogens is 1. The third-order valence-electron chi connectivity index (χ3n) is 3.18. The molecule has 0 spiro atoms. The molecule has 6 nitrogen and oxygen atoms in total. The first-order valence-electron chi connectivity index (χ1n) is 6.64. The number of carbonyl (C=O) groups excluding carboxylic acids is 3. The summed E-state index contributed by atoms with van der Waals surface area (Å²) in [7, 11) is 0. The summed E-state index contributed by atoms with van der Waals surface area (Å²) in [6, 6.07) is 6.25. The van der Waals surface area contributed by atoms with E-state index in [-0.39, 0.29) is 19.0 Å². The SMILES string of the molecule is CCC1NCC(=O)N(CC(=O)Nc2cccc(Cl)c2)C1=O. The highest BCUT2D eigenvalue weighted by Gasteiger charge is 2.33. The first kappa shape index (κ1) is 15.5. The number of amides is 3. The molecule has 1 fully saturated rings. The molecule has 0 bridgehead atoms. The average molecular weight is 310 g/mol. The van der Waals surface area contributed by atoms with Crippen molar-refractivity contribution in [3.63, 3.8) is 0 Å². The van der Waals surface area contributed by atoms with E-state index in [1.165, 1.54) is 0 Å². The lowest BCUT2D eigenvalue weighted by molar-refractivity contribution is -0.151. The standard InChI is InChI=1S/C14H16ClN3O3/c1-2-11-14(21)18(13(20)7-16-11)8-12(19)17-10-5-3-4-9(15)6-10/h3-6,11,16H,2,7-8H2,1H3,(H,17,19). The van der Waals surface area contributed by atoms with Crippen LogP contribution in [0.25, 0.3) is 0 Å². The first-order chi connectivity index (χ1) is 10.0. The Morgan fingerprint density at radius 1 is 1.48 bits per heavy atom. The monoisotopic (exact) mass is 309 g/mol. The summed E-state index contributed by atoms with van der Waals surface area (Å²) >= 11 is 5.83. The maximum atomic E-state index is 12.1. The number of imide groups is 1. The van der Waals surface area contributed by atoms with Crippen LogP contribution in [0, 0.1) is 0 Å². The Bertz CT molecular complexity index is 576. The molecule has 0 radical (unpaired) electrons. The fourth-order valence-electron chi connectivity index (χ4n) is 2.10. The van der Waals surface area contributed by atoms with Crippen molar-refractivity contribution in [3.05, 3.63) is 29.3 Å². The molecule has 0 aliphatic carbocycles. The molecule has 0 saturated carbocycles. The number of hydrogen-bond acceptors (Lipinski definition) is 4. The van der Waals surface area contributed by atoms with E-state index >= 15 is 0 Å². The molecule has 0 aromatic heterocycles. The number of piperazine rings is 1. The Morgan fingerprint density at radius 3 is 2.90 bits per heavy atom. The van der Waals surface area contributed by atoms with Crippen LogP contribution in [0.1, 0.15) is 13.3 Å². The first-order valence-corrected chi connectivity index (χ1v) is 7.02. The van der Waals surface area contributed by atoms with Crippen LogP contribution < -0.4 is 10.6 Å². The predicted molar refractivity (Wildman–Crippen MR) is 78.9 cm³/mol. The van der Waals surface area contributed by atoms with Gasteiger partial charge in [0.05, 0.1) is 12.6 Å². The van der Waals surface area contributed by atoms with Crippen molar-refractivity contribution in [2.24, 2.45) is 0 Å². The van der Waals surface area contributed by atoms with E-state index in [1.54, 1.807) is 24.3 Å². The summed E-state index contributed by atoms with van der Waals surface area (Å²) in [6.07, 6.45) is 0.568. The molecule has 1 aliphatic heterocycles. The Labute approximate surface area is 127 Å². The Balaban J connectivity index is 2.01. The molecule has 21 heavy (non-hydrogen) atoms. The van der Waals surface area contributed by atoms with Gasteiger partial charge in [-0.25, -0.2) is 0 Å². The zero-order valence-corrected chi connectivity index (χ0v) is 12.3. The minimum atomic E-state index is -0.435. The zero-order chi connectivity index (χ0) is 15.4. The van der Waals surface area contributed by atoms with Crippen LogP contribution in [-0.2, 0) is 14.4 Å². The van der Waals surface area contributed by atoms with E-state index in [2.05, 4.69) is 10.6 Å². The molecule has 1 aromatic rings. The molecule has 112 valence electrons. The Hall–Kier alpha value is -1.92. The van der Waals surface area contributed by atoms with Gasteiger partial charge in [-0.15, -0.1) is 0 Å². The summed E-state index contributed by atoms with van der Waals surface area (Å²) in [5, 5.41) is 5.95. The summed E-state index contributed by atoms with van der Waals surface area (Å²) in [5.74, 6) is -1.20. The summed E-state index contributed by atoms with van der Waals surface area (Å²) < 4.78 is 0. The van der Waals surface area contributed by atoms with E-state index in [0.29, 0.717) is 17.1 Å². The number of nitrogens with one attached hydrogen (secondary N) is 2. The van der Waals surface area contributed by atoms with Crippen LogP contribution in [0.15, 0.2) is 24.3 Å². The summed E-state index contributed by atoms with van der Waals surface area (Å²) in [4.78, 5) is 36.7. The molecule has 1 aromatic carbocycles. The second-order valence-corrected chi connectivity index (χ2v) is 5.15. The van der Waals surface area contributed by atoms with E-state index in [0.717, 1.165) is 4.90 Å². The predicted octanol–water partition coefficient (Wildman–Crippen LogP) is 1.02. The lowest BCUT2D eigenvalue weighted by Gasteiger charge is -2.30. The fourth-order valence-corrected chi connectivity index (χ4v) is 2.29. The molecule has 1 unspecified atom stereocenters. The van der Waals surface area contributed by atoms with E-state index < -0.39 is 17.9 Å². The van der Waals surface area contributed by atoms with Crippen molar-refractivity contribution in [2.75, 3.05) is 18.4 Å². The third kappa shape index (κ3) is 3.80. The molecule has 1 atom stereocenters. The second-order valence-electron chi connectivity index (χ2n) is 4.72. The van der Waals surface area contributed by atoms with Gasteiger partial charge in [-0.05, 0) is 24.6 Å². The minimum Gasteiger partial charge on any atom is -0.324 e. The van der Waals surface area contributed by atoms with Gasteiger partial charge < -0.3 is 5.32 Å². The van der Waals surface area contributed by atoms with Crippen molar-refractivity contribution >= 4 is 35.0 Å². The van der Waals surface area contributed by atoms with Crippen LogP contribution in [0.2, 0.25) is 5.02 Å². The van der Waals surface area contributed by atoms with Gasteiger partial charge >= 0.3 is 0 Å². The van der Waals surface area contributed by atoms with E-state index in [9.17, 15) is 14.4 Å². The Morgan fingerprint density at radius 2 is 2.24 bits per heavy atom. The van der Waals surface area contributed by atoms with Gasteiger partial charge in [0.15, 0.2) is 0 Å². The third-order valence-corrected chi connectivity index (χ3v) is 3.42. The van der Waals surface area contributed by atoms with E-state index in [4.69, 9.17) is 11.6 Å². The summed E-state index contributed by atoms with van der Waals surface area (Å²) in [5.41, 5.74) is 0.523. The van der Waals surface area contributed by atoms with Crippen LogP contribution in [0.3, 0.4) is 0 Å². The van der Waals surface area contributed by atoms with Gasteiger partial charge in [0.1, 0.15) is 6.54 Å². The number of rotatable bonds is 4. The smallest absolute Gasteiger partial charge is 0.246 e.